The molecule has 0 heterocycles. The summed E-state index contributed by atoms with van der Waals surface area (Å²) in [7, 11) is 0. The Balaban J connectivity index is 2.20. The zero-order valence-electron chi connectivity index (χ0n) is 7.21. The summed E-state index contributed by atoms with van der Waals surface area (Å²) in [5.74, 6) is -0.774. The Morgan fingerprint density at radius 2 is 1.86 bits per heavy atom. The van der Waals surface area contributed by atoms with Gasteiger partial charge in [0.15, 0.2) is 0 Å². The van der Waals surface area contributed by atoms with Crippen LogP contribution in [0.1, 0.15) is 28.3 Å². The average Bonchev–Trinajstić information content (AvgIpc) is 2.75. The summed E-state index contributed by atoms with van der Waals surface area (Å²) in [6.07, 6.45) is 0.739. The van der Waals surface area contributed by atoms with E-state index < -0.39 is 10.3 Å². The molecular weight excluding hydrogens is 223 g/mol. The molecule has 14 heavy (non-hydrogen) atoms. The topological polar surface area (TPSA) is 37.3 Å². The van der Waals surface area contributed by atoms with Crippen LogP contribution in [0.4, 0.5) is 0 Å². The first-order valence-electron chi connectivity index (χ1n) is 4.22. The first kappa shape index (κ1) is 9.81. The fourth-order valence-corrected chi connectivity index (χ4v) is 1.99. The Labute approximate surface area is 91.4 Å². The van der Waals surface area contributed by atoms with E-state index in [9.17, 15) is 4.79 Å². The molecule has 74 valence electrons. The third kappa shape index (κ3) is 1.72. The summed E-state index contributed by atoms with van der Waals surface area (Å²) < 4.78 is -0.648. The lowest BCUT2D eigenvalue weighted by molar-refractivity contribution is 0.0697. The van der Waals surface area contributed by atoms with Gasteiger partial charge in [0.1, 0.15) is 4.33 Å². The Morgan fingerprint density at radius 3 is 2.21 bits per heavy atom. The summed E-state index contributed by atoms with van der Waals surface area (Å²) >= 11 is 11.8. The molecule has 0 amide bonds. The monoisotopic (exact) mass is 230 g/mol. The number of carbonyl (C=O) groups is 1. The Hall–Kier alpha value is -0.730. The fourth-order valence-electron chi connectivity index (χ4n) is 1.43. The number of carboxylic acid groups (broad SMARTS) is 1. The van der Waals surface area contributed by atoms with Crippen molar-refractivity contribution in [1.29, 1.82) is 0 Å². The van der Waals surface area contributed by atoms with Crippen LogP contribution < -0.4 is 0 Å². The van der Waals surface area contributed by atoms with Crippen molar-refractivity contribution < 1.29 is 9.90 Å². The predicted octanol–water partition coefficient (Wildman–Crippen LogP) is 3.05. The minimum absolute atomic E-state index is 0.147. The second-order valence-electron chi connectivity index (χ2n) is 3.44. The SMILES string of the molecule is O=C(O)c1ccc([C@@H]2CC2(Cl)Cl)cc1. The van der Waals surface area contributed by atoms with E-state index in [-0.39, 0.29) is 11.5 Å². The molecule has 2 rings (SSSR count). The third-order valence-electron chi connectivity index (χ3n) is 2.39. The van der Waals surface area contributed by atoms with Crippen molar-refractivity contribution >= 4 is 29.2 Å². The Kier molecular flexibility index (Phi) is 2.20. The van der Waals surface area contributed by atoms with Gasteiger partial charge in [0.2, 0.25) is 0 Å². The minimum atomic E-state index is -0.921. The van der Waals surface area contributed by atoms with Gasteiger partial charge in [-0.15, -0.1) is 23.2 Å². The van der Waals surface area contributed by atoms with Crippen LogP contribution in [0.25, 0.3) is 0 Å². The molecule has 2 nitrogen and oxygen atoms in total. The first-order chi connectivity index (χ1) is 6.50. The average molecular weight is 231 g/mol. The Bertz CT molecular complexity index is 370. The number of alkyl halides is 2. The fraction of sp³-hybridized carbons (Fsp3) is 0.300. The molecule has 0 spiro atoms. The molecule has 4 heteroatoms. The van der Waals surface area contributed by atoms with Crippen molar-refractivity contribution in [2.45, 2.75) is 16.7 Å². The molecule has 0 unspecified atom stereocenters. The van der Waals surface area contributed by atoms with Crippen LogP contribution in [0.5, 0.6) is 0 Å². The molecule has 1 aromatic carbocycles. The second-order valence-corrected chi connectivity index (χ2v) is 4.99. The van der Waals surface area contributed by atoms with Crippen LogP contribution in [0.2, 0.25) is 0 Å². The van der Waals surface area contributed by atoms with Crippen molar-refractivity contribution in [3.05, 3.63) is 35.4 Å². The first-order valence-corrected chi connectivity index (χ1v) is 4.97. The smallest absolute Gasteiger partial charge is 0.335 e. The van der Waals surface area contributed by atoms with Gasteiger partial charge in [-0.05, 0) is 24.1 Å². The highest BCUT2D eigenvalue weighted by atomic mass is 35.5. The standard InChI is InChI=1S/C10H8Cl2O2/c11-10(12)5-8(10)6-1-3-7(4-2-6)9(13)14/h1-4,8H,5H2,(H,13,14)/t8-/m0/s1. The summed E-state index contributed by atoms with van der Waals surface area (Å²) in [6, 6.07) is 6.67. The molecule has 1 N–H and O–H groups in total. The van der Waals surface area contributed by atoms with E-state index in [2.05, 4.69) is 0 Å². The van der Waals surface area contributed by atoms with E-state index in [1.807, 2.05) is 0 Å². The van der Waals surface area contributed by atoms with Crippen molar-refractivity contribution in [2.75, 3.05) is 0 Å². The molecule has 0 bridgehead atoms. The molecular formula is C10H8Cl2O2. The van der Waals surface area contributed by atoms with Crippen LogP contribution in [-0.2, 0) is 0 Å². The number of aromatic carboxylic acids is 1. The van der Waals surface area contributed by atoms with Crippen molar-refractivity contribution in [3.8, 4) is 0 Å². The van der Waals surface area contributed by atoms with Crippen molar-refractivity contribution in [2.24, 2.45) is 0 Å². The van der Waals surface area contributed by atoms with E-state index in [0.717, 1.165) is 12.0 Å². The molecule has 1 saturated carbocycles. The summed E-state index contributed by atoms with van der Waals surface area (Å²) in [6.45, 7) is 0. The van der Waals surface area contributed by atoms with Crippen LogP contribution in [-0.4, -0.2) is 15.4 Å². The second kappa shape index (κ2) is 3.14. The van der Waals surface area contributed by atoms with Gasteiger partial charge in [-0.25, -0.2) is 4.79 Å². The molecule has 1 fully saturated rings. The van der Waals surface area contributed by atoms with Gasteiger partial charge in [-0.2, -0.15) is 0 Å². The van der Waals surface area contributed by atoms with E-state index >= 15 is 0 Å². The molecule has 0 aromatic heterocycles. The van der Waals surface area contributed by atoms with Crippen LogP contribution >= 0.6 is 23.2 Å². The van der Waals surface area contributed by atoms with Crippen LogP contribution in [0.3, 0.4) is 0 Å². The van der Waals surface area contributed by atoms with Gasteiger partial charge in [-0.3, -0.25) is 0 Å². The van der Waals surface area contributed by atoms with E-state index in [1.54, 1.807) is 24.3 Å². The normalized spacial score (nSPS) is 23.1. The maximum atomic E-state index is 10.6. The zero-order chi connectivity index (χ0) is 10.3. The highest BCUT2D eigenvalue weighted by Gasteiger charge is 2.52. The van der Waals surface area contributed by atoms with Gasteiger partial charge in [-0.1, -0.05) is 12.1 Å². The number of rotatable bonds is 2. The maximum Gasteiger partial charge on any atom is 0.335 e. The van der Waals surface area contributed by atoms with Crippen molar-refractivity contribution in [1.82, 2.24) is 0 Å². The van der Waals surface area contributed by atoms with Gasteiger partial charge >= 0.3 is 5.97 Å². The quantitative estimate of drug-likeness (QED) is 0.794. The molecule has 1 aliphatic rings. The van der Waals surface area contributed by atoms with Crippen molar-refractivity contribution in [3.63, 3.8) is 0 Å². The van der Waals surface area contributed by atoms with Crippen LogP contribution in [0.15, 0.2) is 24.3 Å². The van der Waals surface area contributed by atoms with Gasteiger partial charge in [0.05, 0.1) is 5.56 Å². The summed E-state index contributed by atoms with van der Waals surface area (Å²) in [5, 5.41) is 8.68. The molecule has 0 saturated heterocycles. The lowest BCUT2D eigenvalue weighted by atomic mass is 10.1. The Morgan fingerprint density at radius 1 is 1.36 bits per heavy atom. The number of hydrogen-bond donors (Lipinski definition) is 1. The molecule has 1 atom stereocenters. The highest BCUT2D eigenvalue weighted by Crippen LogP contribution is 2.59. The van der Waals surface area contributed by atoms with E-state index in [1.165, 1.54) is 0 Å². The molecule has 0 aliphatic heterocycles. The largest absolute Gasteiger partial charge is 0.478 e. The number of carboxylic acids is 1. The lowest BCUT2D eigenvalue weighted by Gasteiger charge is -2.01. The number of halogens is 2. The summed E-state index contributed by atoms with van der Waals surface area (Å²) in [4.78, 5) is 10.6. The minimum Gasteiger partial charge on any atom is -0.478 e. The molecule has 1 aromatic rings. The van der Waals surface area contributed by atoms with Gasteiger partial charge in [0, 0.05) is 5.92 Å². The van der Waals surface area contributed by atoms with E-state index in [0.29, 0.717) is 0 Å². The molecule has 1 aliphatic carbocycles. The lowest BCUT2D eigenvalue weighted by Crippen LogP contribution is -1.96. The molecule has 0 radical (unpaired) electrons. The maximum absolute atomic E-state index is 10.6. The summed E-state index contributed by atoms with van der Waals surface area (Å²) in [5.41, 5.74) is 1.28. The van der Waals surface area contributed by atoms with Gasteiger partial charge in [0.25, 0.3) is 0 Å². The van der Waals surface area contributed by atoms with E-state index in [4.69, 9.17) is 28.3 Å². The van der Waals surface area contributed by atoms with Gasteiger partial charge < -0.3 is 5.11 Å². The predicted molar refractivity (Wildman–Crippen MR) is 55.2 cm³/mol. The third-order valence-corrected chi connectivity index (χ3v) is 3.22. The van der Waals surface area contributed by atoms with Crippen LogP contribution in [0, 0.1) is 0 Å². The number of hydrogen-bond acceptors (Lipinski definition) is 1. The number of benzene rings is 1. The highest BCUT2D eigenvalue weighted by molar-refractivity contribution is 6.51. The zero-order valence-corrected chi connectivity index (χ0v) is 8.72.